The van der Waals surface area contributed by atoms with E-state index in [1.54, 1.807) is 21.7 Å². The Morgan fingerprint density at radius 2 is 2.08 bits per heavy atom. The molecule has 128 valence electrons. The zero-order valence-corrected chi connectivity index (χ0v) is 14.5. The van der Waals surface area contributed by atoms with E-state index in [1.165, 1.54) is 0 Å². The Kier molecular flexibility index (Phi) is 4.17. The molecular formula is C18H24N4O2. The molecule has 1 aromatic heterocycles. The number of likely N-dealkylation sites (tertiary alicyclic amines) is 1. The van der Waals surface area contributed by atoms with Crippen LogP contribution in [0.3, 0.4) is 0 Å². The van der Waals surface area contributed by atoms with Gasteiger partial charge in [-0.05, 0) is 30.9 Å². The molecule has 2 N–H and O–H groups in total. The second-order valence-corrected chi connectivity index (χ2v) is 7.12. The third-order valence-electron chi connectivity index (χ3n) is 4.96. The number of amides is 1. The average molecular weight is 328 g/mol. The minimum Gasteiger partial charge on any atom is -0.336 e. The molecule has 2 aromatic rings. The zero-order chi connectivity index (χ0) is 17.5. The summed E-state index contributed by atoms with van der Waals surface area (Å²) in [7, 11) is 0. The maximum Gasteiger partial charge on any atom is 0.278 e. The lowest BCUT2D eigenvalue weighted by Gasteiger charge is -2.42. The Morgan fingerprint density at radius 3 is 2.75 bits per heavy atom. The van der Waals surface area contributed by atoms with Gasteiger partial charge >= 0.3 is 0 Å². The molecule has 0 spiro atoms. The molecule has 1 aliphatic rings. The highest BCUT2D eigenvalue weighted by Gasteiger charge is 2.36. The van der Waals surface area contributed by atoms with Crippen molar-refractivity contribution in [1.29, 1.82) is 0 Å². The van der Waals surface area contributed by atoms with Crippen molar-refractivity contribution in [3.8, 4) is 0 Å². The van der Waals surface area contributed by atoms with Crippen LogP contribution >= 0.6 is 0 Å². The number of fused-ring (bicyclic) bond motifs is 1. The fourth-order valence-electron chi connectivity index (χ4n) is 3.32. The smallest absolute Gasteiger partial charge is 0.278 e. The first-order valence-corrected chi connectivity index (χ1v) is 8.40. The number of benzene rings is 1. The van der Waals surface area contributed by atoms with Gasteiger partial charge in [-0.1, -0.05) is 26.0 Å². The molecule has 6 heteroatoms. The SMILES string of the molecule is CCn1nc(C(=O)N2CCC(N)C(C)(C)C2)c(=O)c2ccccc21. The number of carbonyl (C=O) groups excluding carboxylic acids is 1. The van der Waals surface area contributed by atoms with E-state index in [2.05, 4.69) is 18.9 Å². The van der Waals surface area contributed by atoms with Crippen molar-refractivity contribution in [2.24, 2.45) is 11.1 Å². The number of hydrogen-bond donors (Lipinski definition) is 1. The van der Waals surface area contributed by atoms with E-state index in [4.69, 9.17) is 5.73 Å². The Hall–Kier alpha value is -2.21. The van der Waals surface area contributed by atoms with Gasteiger partial charge < -0.3 is 10.6 Å². The van der Waals surface area contributed by atoms with Crippen LogP contribution < -0.4 is 11.2 Å². The van der Waals surface area contributed by atoms with Gasteiger partial charge in [-0.2, -0.15) is 5.10 Å². The molecule has 1 fully saturated rings. The fourth-order valence-corrected chi connectivity index (χ4v) is 3.32. The number of aromatic nitrogens is 2. The van der Waals surface area contributed by atoms with E-state index in [-0.39, 0.29) is 28.5 Å². The molecule has 1 aliphatic heterocycles. The highest BCUT2D eigenvalue weighted by Crippen LogP contribution is 2.28. The summed E-state index contributed by atoms with van der Waals surface area (Å²) in [5.41, 5.74) is 6.43. The van der Waals surface area contributed by atoms with Crippen molar-refractivity contribution in [1.82, 2.24) is 14.7 Å². The first kappa shape index (κ1) is 16.6. The standard InChI is InChI=1S/C18H24N4O2/c1-4-22-13-8-6-5-7-12(13)16(23)15(20-22)17(24)21-10-9-14(19)18(2,3)11-21/h5-8,14H,4,9-11,19H2,1-3H3. The summed E-state index contributed by atoms with van der Waals surface area (Å²) in [6.45, 7) is 7.74. The highest BCUT2D eigenvalue weighted by atomic mass is 16.2. The largest absolute Gasteiger partial charge is 0.336 e. The topological polar surface area (TPSA) is 81.2 Å². The molecule has 0 bridgehead atoms. The minimum absolute atomic E-state index is 0.00169. The van der Waals surface area contributed by atoms with Gasteiger partial charge in [0.05, 0.1) is 5.52 Å². The number of para-hydroxylation sites is 1. The third kappa shape index (κ3) is 2.71. The minimum atomic E-state index is -0.298. The Balaban J connectivity index is 2.05. The molecular weight excluding hydrogens is 304 g/mol. The monoisotopic (exact) mass is 328 g/mol. The molecule has 2 heterocycles. The van der Waals surface area contributed by atoms with Gasteiger partial charge in [-0.3, -0.25) is 14.3 Å². The van der Waals surface area contributed by atoms with Crippen LogP contribution in [0.15, 0.2) is 29.1 Å². The van der Waals surface area contributed by atoms with Crippen molar-refractivity contribution in [2.75, 3.05) is 13.1 Å². The second-order valence-electron chi connectivity index (χ2n) is 7.12. The molecule has 0 radical (unpaired) electrons. The van der Waals surface area contributed by atoms with E-state index in [9.17, 15) is 9.59 Å². The second kappa shape index (κ2) is 6.02. The fraction of sp³-hybridized carbons (Fsp3) is 0.500. The van der Waals surface area contributed by atoms with Crippen molar-refractivity contribution in [2.45, 2.75) is 39.8 Å². The third-order valence-corrected chi connectivity index (χ3v) is 4.96. The van der Waals surface area contributed by atoms with E-state index in [1.807, 2.05) is 19.1 Å². The Morgan fingerprint density at radius 1 is 1.38 bits per heavy atom. The Labute approximate surface area is 141 Å². The predicted molar refractivity (Wildman–Crippen MR) is 94.0 cm³/mol. The summed E-state index contributed by atoms with van der Waals surface area (Å²) < 4.78 is 1.71. The summed E-state index contributed by atoms with van der Waals surface area (Å²) in [5, 5.41) is 4.88. The van der Waals surface area contributed by atoms with Crippen LogP contribution in [0.1, 0.15) is 37.7 Å². The molecule has 1 unspecified atom stereocenters. The molecule has 0 saturated carbocycles. The molecule has 1 aromatic carbocycles. The highest BCUT2D eigenvalue weighted by molar-refractivity contribution is 5.95. The molecule has 0 aliphatic carbocycles. The van der Waals surface area contributed by atoms with Crippen LogP contribution in [0.4, 0.5) is 0 Å². The van der Waals surface area contributed by atoms with Crippen molar-refractivity contribution in [3.05, 3.63) is 40.2 Å². The van der Waals surface area contributed by atoms with Gasteiger partial charge in [0, 0.05) is 31.1 Å². The quantitative estimate of drug-likeness (QED) is 0.908. The predicted octanol–water partition coefficient (Wildman–Crippen LogP) is 1.62. The first-order chi connectivity index (χ1) is 11.3. The number of hydrogen-bond acceptors (Lipinski definition) is 4. The molecule has 24 heavy (non-hydrogen) atoms. The van der Waals surface area contributed by atoms with Crippen LogP contribution in [0, 0.1) is 5.41 Å². The molecule has 1 atom stereocenters. The van der Waals surface area contributed by atoms with Crippen LogP contribution in [-0.2, 0) is 6.54 Å². The lowest BCUT2D eigenvalue weighted by Crippen LogP contribution is -2.54. The normalized spacial score (nSPS) is 20.3. The van der Waals surface area contributed by atoms with Crippen molar-refractivity contribution in [3.63, 3.8) is 0 Å². The summed E-state index contributed by atoms with van der Waals surface area (Å²) in [5.74, 6) is -0.298. The summed E-state index contributed by atoms with van der Waals surface area (Å²) in [6, 6.07) is 7.33. The van der Waals surface area contributed by atoms with Crippen LogP contribution in [0.2, 0.25) is 0 Å². The van der Waals surface area contributed by atoms with E-state index >= 15 is 0 Å². The van der Waals surface area contributed by atoms with Crippen LogP contribution in [0.5, 0.6) is 0 Å². The van der Waals surface area contributed by atoms with Crippen LogP contribution in [0.25, 0.3) is 10.9 Å². The van der Waals surface area contributed by atoms with Crippen molar-refractivity contribution < 1.29 is 4.79 Å². The van der Waals surface area contributed by atoms with Crippen LogP contribution in [-0.4, -0.2) is 39.7 Å². The average Bonchev–Trinajstić information content (AvgIpc) is 2.57. The van der Waals surface area contributed by atoms with Crippen molar-refractivity contribution >= 4 is 16.8 Å². The van der Waals surface area contributed by atoms with Gasteiger partial charge in [-0.15, -0.1) is 0 Å². The number of piperidine rings is 1. The van der Waals surface area contributed by atoms with Gasteiger partial charge in [-0.25, -0.2) is 0 Å². The lowest BCUT2D eigenvalue weighted by molar-refractivity contribution is 0.0524. The molecule has 1 amide bonds. The molecule has 3 rings (SSSR count). The summed E-state index contributed by atoms with van der Waals surface area (Å²) in [6.07, 6.45) is 0.730. The number of aryl methyl sites for hydroxylation is 1. The maximum absolute atomic E-state index is 12.9. The van der Waals surface area contributed by atoms with E-state index in [0.29, 0.717) is 25.0 Å². The molecule has 6 nitrogen and oxygen atoms in total. The van der Waals surface area contributed by atoms with Gasteiger partial charge in [0.25, 0.3) is 5.91 Å². The number of carbonyl (C=O) groups is 1. The number of rotatable bonds is 2. The first-order valence-electron chi connectivity index (χ1n) is 8.40. The zero-order valence-electron chi connectivity index (χ0n) is 14.5. The lowest BCUT2D eigenvalue weighted by atomic mass is 9.79. The number of nitrogens with two attached hydrogens (primary N) is 1. The van der Waals surface area contributed by atoms with E-state index < -0.39 is 0 Å². The summed E-state index contributed by atoms with van der Waals surface area (Å²) in [4.78, 5) is 27.4. The van der Waals surface area contributed by atoms with Gasteiger partial charge in [0.2, 0.25) is 5.43 Å². The number of nitrogens with zero attached hydrogens (tertiary/aromatic N) is 3. The van der Waals surface area contributed by atoms with E-state index in [0.717, 1.165) is 11.9 Å². The maximum atomic E-state index is 12.9. The molecule has 1 saturated heterocycles. The van der Waals surface area contributed by atoms with Gasteiger partial charge in [0.1, 0.15) is 0 Å². The summed E-state index contributed by atoms with van der Waals surface area (Å²) >= 11 is 0. The van der Waals surface area contributed by atoms with Gasteiger partial charge in [0.15, 0.2) is 5.69 Å². The Bertz CT molecular complexity index is 841.